The van der Waals surface area contributed by atoms with E-state index >= 15 is 0 Å². The first-order chi connectivity index (χ1) is 11.0. The molecule has 1 amide bonds. The van der Waals surface area contributed by atoms with Crippen LogP contribution in [0.3, 0.4) is 0 Å². The van der Waals surface area contributed by atoms with Crippen LogP contribution in [0.25, 0.3) is 10.9 Å². The van der Waals surface area contributed by atoms with Crippen LogP contribution in [0.4, 0.5) is 11.4 Å². The van der Waals surface area contributed by atoms with Crippen molar-refractivity contribution in [1.82, 2.24) is 4.98 Å². The van der Waals surface area contributed by atoms with Gasteiger partial charge in [-0.3, -0.25) is 14.9 Å². The van der Waals surface area contributed by atoms with Gasteiger partial charge in [0.05, 0.1) is 10.4 Å². The fraction of sp³-hybridized carbons (Fsp3) is 0. The molecule has 23 heavy (non-hydrogen) atoms. The number of nitro benzene ring substituents is 1. The normalized spacial score (nSPS) is 10.5. The molecule has 1 N–H and O–H groups in total. The topological polar surface area (TPSA) is 85.1 Å². The molecule has 0 radical (unpaired) electrons. The Morgan fingerprint density at radius 3 is 2.70 bits per heavy atom. The fourth-order valence-electron chi connectivity index (χ4n) is 2.12. The summed E-state index contributed by atoms with van der Waals surface area (Å²) in [6.07, 6.45) is 0. The molecule has 0 atom stereocenters. The van der Waals surface area contributed by atoms with Crippen molar-refractivity contribution in [2.45, 2.75) is 0 Å². The van der Waals surface area contributed by atoms with Gasteiger partial charge in [-0.2, -0.15) is 0 Å². The monoisotopic (exact) mass is 327 g/mol. The highest BCUT2D eigenvalue weighted by atomic mass is 35.5. The summed E-state index contributed by atoms with van der Waals surface area (Å²) in [7, 11) is 0. The van der Waals surface area contributed by atoms with Crippen molar-refractivity contribution in [3.8, 4) is 0 Å². The largest absolute Gasteiger partial charge is 0.320 e. The van der Waals surface area contributed by atoms with Gasteiger partial charge in [0.1, 0.15) is 10.7 Å². The molecule has 3 rings (SSSR count). The SMILES string of the molecule is O=C(Nc1ccc(Cl)c([N+](=O)[O-])c1)c1ccc2ccccc2n1. The Hall–Kier alpha value is -2.99. The molecule has 6 nitrogen and oxygen atoms in total. The quantitative estimate of drug-likeness (QED) is 0.581. The van der Waals surface area contributed by atoms with E-state index in [0.717, 1.165) is 5.39 Å². The Balaban J connectivity index is 1.88. The number of para-hydroxylation sites is 1. The van der Waals surface area contributed by atoms with Gasteiger partial charge in [-0.15, -0.1) is 0 Å². The van der Waals surface area contributed by atoms with Gasteiger partial charge in [0.25, 0.3) is 11.6 Å². The number of halogens is 1. The summed E-state index contributed by atoms with van der Waals surface area (Å²) >= 11 is 5.74. The molecule has 0 unspecified atom stereocenters. The molecule has 0 bridgehead atoms. The van der Waals surface area contributed by atoms with Gasteiger partial charge in [0, 0.05) is 17.1 Å². The van der Waals surface area contributed by atoms with E-state index in [1.807, 2.05) is 18.2 Å². The Kier molecular flexibility index (Phi) is 3.91. The molecular weight excluding hydrogens is 318 g/mol. The lowest BCUT2D eigenvalue weighted by Gasteiger charge is -2.06. The summed E-state index contributed by atoms with van der Waals surface area (Å²) in [6.45, 7) is 0. The van der Waals surface area contributed by atoms with Crippen molar-refractivity contribution in [1.29, 1.82) is 0 Å². The first-order valence-electron chi connectivity index (χ1n) is 6.66. The second-order valence-electron chi connectivity index (χ2n) is 4.77. The molecule has 0 saturated carbocycles. The Labute approximate surface area is 135 Å². The van der Waals surface area contributed by atoms with Gasteiger partial charge in [-0.1, -0.05) is 35.9 Å². The van der Waals surface area contributed by atoms with Crippen LogP contribution in [-0.4, -0.2) is 15.8 Å². The van der Waals surface area contributed by atoms with E-state index in [1.165, 1.54) is 18.2 Å². The van der Waals surface area contributed by atoms with Crippen LogP contribution >= 0.6 is 11.6 Å². The second kappa shape index (κ2) is 6.02. The lowest BCUT2D eigenvalue weighted by atomic mass is 10.2. The van der Waals surface area contributed by atoms with E-state index in [-0.39, 0.29) is 22.1 Å². The van der Waals surface area contributed by atoms with Crippen molar-refractivity contribution >= 4 is 39.8 Å². The van der Waals surface area contributed by atoms with Crippen LogP contribution in [0.5, 0.6) is 0 Å². The predicted octanol–water partition coefficient (Wildman–Crippen LogP) is 4.05. The number of fused-ring (bicyclic) bond motifs is 1. The molecule has 0 fully saturated rings. The first kappa shape index (κ1) is 14.9. The minimum Gasteiger partial charge on any atom is -0.320 e. The third-order valence-corrected chi connectivity index (χ3v) is 3.55. The van der Waals surface area contributed by atoms with Crippen LogP contribution in [0.2, 0.25) is 5.02 Å². The molecule has 0 saturated heterocycles. The lowest BCUT2D eigenvalue weighted by molar-refractivity contribution is -0.384. The third kappa shape index (κ3) is 3.12. The maximum Gasteiger partial charge on any atom is 0.289 e. The van der Waals surface area contributed by atoms with Crippen molar-refractivity contribution in [2.75, 3.05) is 5.32 Å². The number of carbonyl (C=O) groups excluding carboxylic acids is 1. The molecule has 0 spiro atoms. The molecule has 0 aliphatic heterocycles. The van der Waals surface area contributed by atoms with Crippen LogP contribution in [0, 0.1) is 10.1 Å². The van der Waals surface area contributed by atoms with Gasteiger partial charge in [-0.05, 0) is 24.3 Å². The van der Waals surface area contributed by atoms with Crippen molar-refractivity contribution in [3.63, 3.8) is 0 Å². The molecule has 1 aromatic heterocycles. The smallest absolute Gasteiger partial charge is 0.289 e. The van der Waals surface area contributed by atoms with Gasteiger partial charge in [0.15, 0.2) is 0 Å². The zero-order valence-corrected chi connectivity index (χ0v) is 12.4. The summed E-state index contributed by atoms with van der Waals surface area (Å²) < 4.78 is 0. The van der Waals surface area contributed by atoms with E-state index in [4.69, 9.17) is 11.6 Å². The number of nitro groups is 1. The van der Waals surface area contributed by atoms with Gasteiger partial charge < -0.3 is 5.32 Å². The van der Waals surface area contributed by atoms with E-state index in [9.17, 15) is 14.9 Å². The molecule has 7 heteroatoms. The summed E-state index contributed by atoms with van der Waals surface area (Å²) in [6, 6.07) is 14.9. The molecule has 1 heterocycles. The van der Waals surface area contributed by atoms with Crippen LogP contribution < -0.4 is 5.32 Å². The summed E-state index contributed by atoms with van der Waals surface area (Å²) in [5.74, 6) is -0.452. The molecule has 0 aliphatic carbocycles. The maximum absolute atomic E-state index is 12.2. The van der Waals surface area contributed by atoms with Gasteiger partial charge in [0.2, 0.25) is 0 Å². The van der Waals surface area contributed by atoms with Crippen molar-refractivity contribution < 1.29 is 9.72 Å². The van der Waals surface area contributed by atoms with E-state index in [1.54, 1.807) is 18.2 Å². The third-order valence-electron chi connectivity index (χ3n) is 3.23. The maximum atomic E-state index is 12.2. The number of amides is 1. The number of rotatable bonds is 3. The van der Waals surface area contributed by atoms with Crippen LogP contribution in [0.1, 0.15) is 10.5 Å². The highest BCUT2D eigenvalue weighted by molar-refractivity contribution is 6.32. The second-order valence-corrected chi connectivity index (χ2v) is 5.17. The predicted molar refractivity (Wildman–Crippen MR) is 87.8 cm³/mol. The minimum atomic E-state index is -0.605. The van der Waals surface area contributed by atoms with E-state index in [0.29, 0.717) is 5.52 Å². The van der Waals surface area contributed by atoms with Crippen LogP contribution in [-0.2, 0) is 0 Å². The lowest BCUT2D eigenvalue weighted by Crippen LogP contribution is -2.13. The minimum absolute atomic E-state index is 0.0110. The number of anilines is 1. The number of nitrogens with one attached hydrogen (secondary N) is 1. The number of aromatic nitrogens is 1. The average Bonchev–Trinajstić information content (AvgIpc) is 2.55. The summed E-state index contributed by atoms with van der Waals surface area (Å²) in [5.41, 5.74) is 0.931. The zero-order chi connectivity index (χ0) is 16.4. The summed E-state index contributed by atoms with van der Waals surface area (Å²) in [4.78, 5) is 26.8. The van der Waals surface area contributed by atoms with E-state index in [2.05, 4.69) is 10.3 Å². The number of nitrogens with zero attached hydrogens (tertiary/aromatic N) is 2. The van der Waals surface area contributed by atoms with Crippen molar-refractivity contribution in [3.05, 3.63) is 75.4 Å². The first-order valence-corrected chi connectivity index (χ1v) is 7.03. The number of benzene rings is 2. The molecule has 114 valence electrons. The van der Waals surface area contributed by atoms with Gasteiger partial charge >= 0.3 is 0 Å². The number of pyridine rings is 1. The molecule has 2 aromatic carbocycles. The highest BCUT2D eigenvalue weighted by Gasteiger charge is 2.15. The highest BCUT2D eigenvalue weighted by Crippen LogP contribution is 2.27. The molecule has 3 aromatic rings. The fourth-order valence-corrected chi connectivity index (χ4v) is 2.30. The Bertz CT molecular complexity index is 927. The Morgan fingerprint density at radius 1 is 1.13 bits per heavy atom. The molecular formula is C16H10ClN3O3. The molecule has 0 aliphatic rings. The van der Waals surface area contributed by atoms with Crippen LogP contribution in [0.15, 0.2) is 54.6 Å². The Morgan fingerprint density at radius 2 is 1.91 bits per heavy atom. The van der Waals surface area contributed by atoms with E-state index < -0.39 is 10.8 Å². The average molecular weight is 328 g/mol. The number of hydrogen-bond acceptors (Lipinski definition) is 4. The number of hydrogen-bond donors (Lipinski definition) is 1. The van der Waals surface area contributed by atoms with Gasteiger partial charge in [-0.25, -0.2) is 4.98 Å². The zero-order valence-electron chi connectivity index (χ0n) is 11.7. The van der Waals surface area contributed by atoms with Crippen molar-refractivity contribution in [2.24, 2.45) is 0 Å². The summed E-state index contributed by atoms with van der Waals surface area (Å²) in [5, 5.41) is 14.4. The standard InChI is InChI=1S/C16H10ClN3O3/c17-12-7-6-11(9-15(12)20(22)23)18-16(21)14-8-5-10-3-1-2-4-13(10)19-14/h1-9H,(H,18,21). The number of carbonyl (C=O) groups is 1.